The topological polar surface area (TPSA) is 108 Å². The summed E-state index contributed by atoms with van der Waals surface area (Å²) in [6.07, 6.45) is 0. The predicted octanol–water partition coefficient (Wildman–Crippen LogP) is 3.24. The van der Waals surface area contributed by atoms with Crippen LogP contribution in [0.3, 0.4) is 0 Å². The molecule has 2 aromatic rings. The van der Waals surface area contributed by atoms with Crippen LogP contribution in [0.4, 0.5) is 10.1 Å². The average Bonchev–Trinajstić information content (AvgIpc) is 2.78. The standard InChI is InChI=1S/C23H20FN3O4S/c1-13-7-9-14(10-8-13)26-18(28)12-32-22-16(11-25)19(15-5-3-4-6-17(15)24)20(21(29)27-22)23(30)31-2/h3-10,19-20H,12H2,1-2H3,(H,26,28)(H,27,29)/t19-,20+/m0/s1. The zero-order valence-electron chi connectivity index (χ0n) is 17.3. The Morgan fingerprint density at radius 2 is 1.91 bits per heavy atom. The Morgan fingerprint density at radius 1 is 1.22 bits per heavy atom. The van der Waals surface area contributed by atoms with E-state index in [0.29, 0.717) is 5.69 Å². The van der Waals surface area contributed by atoms with Crippen LogP contribution in [0.5, 0.6) is 0 Å². The van der Waals surface area contributed by atoms with Gasteiger partial charge >= 0.3 is 5.97 Å². The first-order valence-electron chi connectivity index (χ1n) is 9.62. The summed E-state index contributed by atoms with van der Waals surface area (Å²) in [4.78, 5) is 37.4. The maximum absolute atomic E-state index is 14.6. The summed E-state index contributed by atoms with van der Waals surface area (Å²) < 4.78 is 19.3. The zero-order valence-corrected chi connectivity index (χ0v) is 18.2. The average molecular weight is 453 g/mol. The highest BCUT2D eigenvalue weighted by Crippen LogP contribution is 2.41. The number of rotatable bonds is 6. The van der Waals surface area contributed by atoms with Gasteiger partial charge in [-0.3, -0.25) is 14.4 Å². The number of anilines is 1. The summed E-state index contributed by atoms with van der Waals surface area (Å²) in [5.41, 5.74) is 1.67. The molecule has 0 bridgehead atoms. The number of nitrogens with one attached hydrogen (secondary N) is 2. The molecular weight excluding hydrogens is 433 g/mol. The normalized spacial score (nSPS) is 17.9. The molecule has 7 nitrogen and oxygen atoms in total. The number of amides is 2. The zero-order chi connectivity index (χ0) is 23.3. The number of methoxy groups -OCH3 is 1. The summed E-state index contributed by atoms with van der Waals surface area (Å²) in [5.74, 6) is -5.34. The summed E-state index contributed by atoms with van der Waals surface area (Å²) in [7, 11) is 1.11. The van der Waals surface area contributed by atoms with Crippen LogP contribution in [-0.4, -0.2) is 30.6 Å². The summed E-state index contributed by atoms with van der Waals surface area (Å²) in [6, 6.07) is 14.8. The molecule has 0 saturated carbocycles. The molecule has 0 aromatic heterocycles. The van der Waals surface area contributed by atoms with Gasteiger partial charge in [0.25, 0.3) is 0 Å². The van der Waals surface area contributed by atoms with Crippen molar-refractivity contribution in [3.8, 4) is 6.07 Å². The molecule has 2 aromatic carbocycles. The number of aryl methyl sites for hydroxylation is 1. The van der Waals surface area contributed by atoms with Gasteiger partial charge in [-0.05, 0) is 30.7 Å². The number of thioether (sulfide) groups is 1. The molecule has 1 heterocycles. The number of ether oxygens (including phenoxy) is 1. The van der Waals surface area contributed by atoms with Crippen molar-refractivity contribution in [1.29, 1.82) is 5.26 Å². The van der Waals surface area contributed by atoms with Crippen LogP contribution in [0.1, 0.15) is 17.0 Å². The second-order valence-corrected chi connectivity index (χ2v) is 8.03. The number of halogens is 1. The lowest BCUT2D eigenvalue weighted by molar-refractivity contribution is -0.150. The van der Waals surface area contributed by atoms with Crippen molar-refractivity contribution >= 4 is 35.2 Å². The first-order valence-corrected chi connectivity index (χ1v) is 10.6. The van der Waals surface area contributed by atoms with Gasteiger partial charge in [-0.25, -0.2) is 4.39 Å². The number of carbonyl (C=O) groups excluding carboxylic acids is 3. The number of hydrogen-bond donors (Lipinski definition) is 2. The summed E-state index contributed by atoms with van der Waals surface area (Å²) in [6.45, 7) is 1.93. The molecule has 0 spiro atoms. The van der Waals surface area contributed by atoms with Crippen molar-refractivity contribution in [3.63, 3.8) is 0 Å². The summed E-state index contributed by atoms with van der Waals surface area (Å²) in [5, 5.41) is 15.2. The molecule has 1 aliphatic heterocycles. The number of carbonyl (C=O) groups is 3. The first kappa shape index (κ1) is 23.0. The number of benzene rings is 2. The van der Waals surface area contributed by atoms with Gasteiger partial charge in [0, 0.05) is 11.6 Å². The first-order chi connectivity index (χ1) is 15.3. The quantitative estimate of drug-likeness (QED) is 0.514. The van der Waals surface area contributed by atoms with Crippen LogP contribution in [-0.2, 0) is 19.1 Å². The van der Waals surface area contributed by atoms with E-state index in [1.165, 1.54) is 18.2 Å². The minimum Gasteiger partial charge on any atom is -0.468 e. The molecule has 3 rings (SSSR count). The van der Waals surface area contributed by atoms with Crippen LogP contribution >= 0.6 is 11.8 Å². The molecule has 1 aliphatic rings. The monoisotopic (exact) mass is 453 g/mol. The molecule has 32 heavy (non-hydrogen) atoms. The molecule has 2 atom stereocenters. The Bertz CT molecular complexity index is 1120. The minimum atomic E-state index is -1.43. The maximum atomic E-state index is 14.6. The van der Waals surface area contributed by atoms with Gasteiger partial charge in [-0.15, -0.1) is 0 Å². The van der Waals surface area contributed by atoms with Crippen molar-refractivity contribution < 1.29 is 23.5 Å². The predicted molar refractivity (Wildman–Crippen MR) is 118 cm³/mol. The van der Waals surface area contributed by atoms with Gasteiger partial charge in [-0.1, -0.05) is 47.7 Å². The Balaban J connectivity index is 1.89. The third-order valence-corrected chi connectivity index (χ3v) is 5.92. The molecular formula is C23H20FN3O4S. The Kier molecular flexibility index (Phi) is 7.28. The van der Waals surface area contributed by atoms with Crippen molar-refractivity contribution in [2.75, 3.05) is 18.2 Å². The molecule has 2 N–H and O–H groups in total. The highest BCUT2D eigenvalue weighted by Gasteiger charge is 2.45. The smallest absolute Gasteiger partial charge is 0.319 e. The van der Waals surface area contributed by atoms with Gasteiger partial charge in [0.1, 0.15) is 11.7 Å². The highest BCUT2D eigenvalue weighted by molar-refractivity contribution is 8.03. The summed E-state index contributed by atoms with van der Waals surface area (Å²) >= 11 is 0.929. The molecule has 0 saturated heterocycles. The number of nitrogens with zero attached hydrogens (tertiary/aromatic N) is 1. The molecule has 2 amide bonds. The SMILES string of the molecule is COC(=O)[C@H]1C(=O)NC(SCC(=O)Nc2ccc(C)cc2)=C(C#N)[C@@H]1c1ccccc1F. The van der Waals surface area contributed by atoms with E-state index in [1.54, 1.807) is 18.2 Å². The van der Waals surface area contributed by atoms with Crippen LogP contribution < -0.4 is 10.6 Å². The van der Waals surface area contributed by atoms with Gasteiger partial charge in [0.05, 0.1) is 29.5 Å². The molecule has 0 aliphatic carbocycles. The fraction of sp³-hybridized carbons (Fsp3) is 0.217. The number of allylic oxidation sites excluding steroid dienone is 1. The van der Waals surface area contributed by atoms with Gasteiger partial charge in [-0.2, -0.15) is 5.26 Å². The van der Waals surface area contributed by atoms with Gasteiger partial charge in [0.15, 0.2) is 0 Å². The number of esters is 1. The van der Waals surface area contributed by atoms with Gasteiger partial charge in [0.2, 0.25) is 11.8 Å². The van der Waals surface area contributed by atoms with Crippen LogP contribution in [0, 0.1) is 30.0 Å². The van der Waals surface area contributed by atoms with E-state index >= 15 is 0 Å². The fourth-order valence-electron chi connectivity index (χ4n) is 3.35. The Morgan fingerprint density at radius 3 is 2.53 bits per heavy atom. The van der Waals surface area contributed by atoms with E-state index in [4.69, 9.17) is 4.74 Å². The lowest BCUT2D eigenvalue weighted by atomic mass is 9.78. The van der Waals surface area contributed by atoms with Crippen LogP contribution in [0.15, 0.2) is 59.1 Å². The number of hydrogen-bond acceptors (Lipinski definition) is 6. The second kappa shape index (κ2) is 10.1. The van der Waals surface area contributed by atoms with Crippen LogP contribution in [0.2, 0.25) is 0 Å². The second-order valence-electron chi connectivity index (χ2n) is 7.05. The molecule has 0 fully saturated rings. The highest BCUT2D eigenvalue weighted by atomic mass is 32.2. The Labute approximate surface area is 188 Å². The van der Waals surface area contributed by atoms with E-state index in [-0.39, 0.29) is 27.8 Å². The molecule has 9 heteroatoms. The fourth-order valence-corrected chi connectivity index (χ4v) is 4.20. The van der Waals surface area contributed by atoms with E-state index in [2.05, 4.69) is 10.6 Å². The van der Waals surface area contributed by atoms with E-state index in [1.807, 2.05) is 25.1 Å². The van der Waals surface area contributed by atoms with E-state index < -0.39 is 29.5 Å². The van der Waals surface area contributed by atoms with E-state index in [0.717, 1.165) is 24.4 Å². The van der Waals surface area contributed by atoms with Crippen molar-refractivity contribution in [1.82, 2.24) is 5.32 Å². The lowest BCUT2D eigenvalue weighted by Gasteiger charge is -2.31. The molecule has 164 valence electrons. The largest absolute Gasteiger partial charge is 0.468 e. The number of nitriles is 1. The van der Waals surface area contributed by atoms with Crippen molar-refractivity contribution in [3.05, 3.63) is 76.1 Å². The third-order valence-electron chi connectivity index (χ3n) is 4.91. The molecule has 0 unspecified atom stereocenters. The molecule has 0 radical (unpaired) electrons. The van der Waals surface area contributed by atoms with Crippen molar-refractivity contribution in [2.45, 2.75) is 12.8 Å². The van der Waals surface area contributed by atoms with Crippen LogP contribution in [0.25, 0.3) is 0 Å². The Hall–Kier alpha value is -3.64. The van der Waals surface area contributed by atoms with Crippen molar-refractivity contribution in [2.24, 2.45) is 5.92 Å². The lowest BCUT2D eigenvalue weighted by Crippen LogP contribution is -2.44. The van der Waals surface area contributed by atoms with E-state index in [9.17, 15) is 24.0 Å². The minimum absolute atomic E-state index is 0.0155. The maximum Gasteiger partial charge on any atom is 0.319 e. The van der Waals surface area contributed by atoms with Gasteiger partial charge < -0.3 is 15.4 Å². The third kappa shape index (κ3) is 4.98.